The Hall–Kier alpha value is -2.11. The minimum Gasteiger partial charge on any atom is -0.359 e. The van der Waals surface area contributed by atoms with Crippen molar-refractivity contribution in [3.8, 4) is 0 Å². The van der Waals surface area contributed by atoms with Gasteiger partial charge < -0.3 is 13.9 Å². The average molecular weight is 317 g/mol. The highest BCUT2D eigenvalue weighted by Gasteiger charge is 2.35. The molecule has 0 aromatic carbocycles. The van der Waals surface area contributed by atoms with Gasteiger partial charge in [0.2, 0.25) is 5.76 Å². The third-order valence-corrected chi connectivity index (χ3v) is 4.31. The first kappa shape index (κ1) is 15.8. The van der Waals surface area contributed by atoms with Crippen LogP contribution in [0.2, 0.25) is 0 Å². The van der Waals surface area contributed by atoms with Crippen LogP contribution in [0.1, 0.15) is 86.1 Å². The Kier molecular flexibility index (Phi) is 4.24. The molecule has 1 aliphatic heterocycles. The van der Waals surface area contributed by atoms with E-state index in [-0.39, 0.29) is 17.9 Å². The van der Waals surface area contributed by atoms with Crippen LogP contribution in [0, 0.1) is 0 Å². The zero-order valence-corrected chi connectivity index (χ0v) is 14.1. The van der Waals surface area contributed by atoms with E-state index in [1.807, 2.05) is 19.9 Å². The summed E-state index contributed by atoms with van der Waals surface area (Å²) in [6.45, 7) is 8.88. The van der Waals surface area contributed by atoms with Gasteiger partial charge in [0.25, 0.3) is 5.91 Å². The lowest BCUT2D eigenvalue weighted by atomic mass is 10.1. The summed E-state index contributed by atoms with van der Waals surface area (Å²) < 4.78 is 10.7. The minimum atomic E-state index is -0.130. The van der Waals surface area contributed by atoms with E-state index in [4.69, 9.17) is 9.05 Å². The van der Waals surface area contributed by atoms with E-state index in [0.717, 1.165) is 30.0 Å². The van der Waals surface area contributed by atoms with Gasteiger partial charge in [0, 0.05) is 18.7 Å². The number of aromatic nitrogens is 2. The van der Waals surface area contributed by atoms with Gasteiger partial charge in [-0.05, 0) is 24.7 Å². The van der Waals surface area contributed by atoms with Crippen molar-refractivity contribution in [2.24, 2.45) is 0 Å². The molecular formula is C17H23N3O3. The maximum Gasteiger partial charge on any atom is 0.293 e. The molecule has 2 aromatic rings. The van der Waals surface area contributed by atoms with Crippen LogP contribution >= 0.6 is 0 Å². The van der Waals surface area contributed by atoms with Crippen LogP contribution < -0.4 is 0 Å². The lowest BCUT2D eigenvalue weighted by molar-refractivity contribution is 0.0672. The van der Waals surface area contributed by atoms with E-state index in [2.05, 4.69) is 24.2 Å². The van der Waals surface area contributed by atoms with E-state index < -0.39 is 0 Å². The van der Waals surface area contributed by atoms with Gasteiger partial charge in [-0.1, -0.05) is 38.0 Å². The fourth-order valence-corrected chi connectivity index (χ4v) is 2.84. The van der Waals surface area contributed by atoms with Crippen LogP contribution in [0.4, 0.5) is 0 Å². The monoisotopic (exact) mass is 317 g/mol. The smallest absolute Gasteiger partial charge is 0.293 e. The van der Waals surface area contributed by atoms with E-state index in [0.29, 0.717) is 18.2 Å². The molecule has 0 N–H and O–H groups in total. The van der Waals surface area contributed by atoms with Crippen LogP contribution in [-0.4, -0.2) is 27.7 Å². The van der Waals surface area contributed by atoms with Gasteiger partial charge in [-0.2, -0.15) is 0 Å². The molecular weight excluding hydrogens is 294 g/mol. The van der Waals surface area contributed by atoms with Crippen molar-refractivity contribution in [2.45, 2.75) is 58.4 Å². The van der Waals surface area contributed by atoms with Gasteiger partial charge in [0.05, 0.1) is 17.4 Å². The summed E-state index contributed by atoms with van der Waals surface area (Å²) in [5.41, 5.74) is 1.71. The van der Waals surface area contributed by atoms with Gasteiger partial charge in [-0.15, -0.1) is 0 Å². The maximum atomic E-state index is 12.7. The molecule has 0 radical (unpaired) electrons. The molecule has 1 saturated heterocycles. The Morgan fingerprint density at radius 1 is 1.13 bits per heavy atom. The first-order valence-corrected chi connectivity index (χ1v) is 8.21. The fraction of sp³-hybridized carbons (Fsp3) is 0.588. The standard InChI is InChI=1S/C17H23N3O3/c1-10(2)12-8-15(22-18-12)14-6-5-7-20(14)17(21)16-9-13(11(3)4)19-23-16/h8-11,14H,5-7H2,1-4H3/t14-/m0/s1. The second-order valence-corrected chi connectivity index (χ2v) is 6.74. The molecule has 0 saturated carbocycles. The summed E-state index contributed by atoms with van der Waals surface area (Å²) in [6, 6.07) is 3.62. The second-order valence-electron chi connectivity index (χ2n) is 6.74. The van der Waals surface area contributed by atoms with Crippen LogP contribution in [0.15, 0.2) is 21.2 Å². The molecule has 1 atom stereocenters. The fourth-order valence-electron chi connectivity index (χ4n) is 2.84. The third-order valence-electron chi connectivity index (χ3n) is 4.31. The van der Waals surface area contributed by atoms with E-state index in [1.165, 1.54) is 0 Å². The Bertz CT molecular complexity index is 687. The molecule has 6 heteroatoms. The first-order chi connectivity index (χ1) is 11.0. The van der Waals surface area contributed by atoms with Crippen LogP contribution in [0.25, 0.3) is 0 Å². The second kappa shape index (κ2) is 6.18. The van der Waals surface area contributed by atoms with Gasteiger partial charge in [0.15, 0.2) is 5.76 Å². The molecule has 0 unspecified atom stereocenters. The van der Waals surface area contributed by atoms with Gasteiger partial charge in [-0.25, -0.2) is 0 Å². The van der Waals surface area contributed by atoms with Crippen molar-refractivity contribution in [1.29, 1.82) is 0 Å². The molecule has 2 aromatic heterocycles. The normalized spacial score (nSPS) is 18.3. The first-order valence-electron chi connectivity index (χ1n) is 8.21. The van der Waals surface area contributed by atoms with Crippen molar-refractivity contribution in [3.05, 3.63) is 35.0 Å². The Morgan fingerprint density at radius 2 is 1.78 bits per heavy atom. The number of amides is 1. The zero-order chi connectivity index (χ0) is 16.6. The van der Waals surface area contributed by atoms with Crippen LogP contribution in [0.5, 0.6) is 0 Å². The number of hydrogen-bond donors (Lipinski definition) is 0. The molecule has 3 rings (SSSR count). The van der Waals surface area contributed by atoms with E-state index in [1.54, 1.807) is 11.0 Å². The minimum absolute atomic E-state index is 0.0740. The van der Waals surface area contributed by atoms with E-state index in [9.17, 15) is 4.79 Å². The summed E-state index contributed by atoms with van der Waals surface area (Å²) in [4.78, 5) is 14.5. The molecule has 1 aliphatic rings. The predicted molar refractivity (Wildman–Crippen MR) is 84.2 cm³/mol. The van der Waals surface area contributed by atoms with Gasteiger partial charge in [0.1, 0.15) is 0 Å². The van der Waals surface area contributed by atoms with Gasteiger partial charge in [-0.3, -0.25) is 4.79 Å². The lowest BCUT2D eigenvalue weighted by Gasteiger charge is -2.21. The quantitative estimate of drug-likeness (QED) is 0.855. The SMILES string of the molecule is CC(C)c1cc(C(=O)N2CCC[C@H]2c2cc(C(C)C)no2)on1. The third kappa shape index (κ3) is 3.02. The topological polar surface area (TPSA) is 72.4 Å². The van der Waals surface area contributed by atoms with Crippen LogP contribution in [0.3, 0.4) is 0 Å². The van der Waals surface area contributed by atoms with Crippen molar-refractivity contribution in [2.75, 3.05) is 6.54 Å². The Morgan fingerprint density at radius 3 is 2.39 bits per heavy atom. The van der Waals surface area contributed by atoms with Crippen molar-refractivity contribution >= 4 is 5.91 Å². The summed E-state index contributed by atoms with van der Waals surface area (Å²) >= 11 is 0. The highest BCUT2D eigenvalue weighted by molar-refractivity contribution is 5.92. The number of carbonyl (C=O) groups is 1. The lowest BCUT2D eigenvalue weighted by Crippen LogP contribution is -2.30. The zero-order valence-electron chi connectivity index (χ0n) is 14.1. The predicted octanol–water partition coefficient (Wildman–Crippen LogP) is 3.89. The molecule has 124 valence electrons. The molecule has 1 fully saturated rings. The molecule has 1 amide bonds. The average Bonchev–Trinajstić information content (AvgIpc) is 3.24. The molecule has 0 aliphatic carbocycles. The molecule has 6 nitrogen and oxygen atoms in total. The maximum absolute atomic E-state index is 12.7. The van der Waals surface area contributed by atoms with Crippen molar-refractivity contribution < 1.29 is 13.8 Å². The summed E-state index contributed by atoms with van der Waals surface area (Å²) in [7, 11) is 0. The van der Waals surface area contributed by atoms with Crippen molar-refractivity contribution in [3.63, 3.8) is 0 Å². The highest BCUT2D eigenvalue weighted by Crippen LogP contribution is 2.34. The van der Waals surface area contributed by atoms with Crippen molar-refractivity contribution in [1.82, 2.24) is 15.2 Å². The summed E-state index contributed by atoms with van der Waals surface area (Å²) in [5.74, 6) is 1.46. The Balaban J connectivity index is 1.81. The van der Waals surface area contributed by atoms with Gasteiger partial charge >= 0.3 is 0 Å². The Labute approximate surface area is 135 Å². The number of nitrogens with zero attached hydrogens (tertiary/aromatic N) is 3. The number of rotatable bonds is 4. The highest BCUT2D eigenvalue weighted by atomic mass is 16.5. The summed E-state index contributed by atoms with van der Waals surface area (Å²) in [6.07, 6.45) is 1.82. The molecule has 23 heavy (non-hydrogen) atoms. The van der Waals surface area contributed by atoms with Crippen LogP contribution in [-0.2, 0) is 0 Å². The number of likely N-dealkylation sites (tertiary alicyclic amines) is 1. The number of hydrogen-bond acceptors (Lipinski definition) is 5. The molecule has 0 spiro atoms. The summed E-state index contributed by atoms with van der Waals surface area (Å²) in [5, 5.41) is 8.08. The largest absolute Gasteiger partial charge is 0.359 e. The number of carbonyl (C=O) groups excluding carboxylic acids is 1. The molecule has 3 heterocycles. The van der Waals surface area contributed by atoms with E-state index >= 15 is 0 Å². The molecule has 0 bridgehead atoms.